The van der Waals surface area contributed by atoms with E-state index < -0.39 is 18.0 Å². The maximum absolute atomic E-state index is 11.8. The molecule has 0 bridgehead atoms. The third kappa shape index (κ3) is 4.07. The minimum atomic E-state index is -0.670. The van der Waals surface area contributed by atoms with Gasteiger partial charge in [-0.05, 0) is 12.1 Å². The lowest BCUT2D eigenvalue weighted by Gasteiger charge is -2.15. The molecule has 0 saturated carbocycles. The maximum atomic E-state index is 11.8. The second-order valence-electron chi connectivity index (χ2n) is 4.10. The number of carbonyl (C=O) groups excluding carboxylic acids is 2. The normalized spacial score (nSPS) is 12.0. The van der Waals surface area contributed by atoms with Gasteiger partial charge in [0.1, 0.15) is 5.76 Å². The molecule has 0 unspecified atom stereocenters. The van der Waals surface area contributed by atoms with Crippen LogP contribution in [0.4, 0.5) is 0 Å². The van der Waals surface area contributed by atoms with Gasteiger partial charge < -0.3 is 13.9 Å². The largest absolute Gasteiger partial charge is 0.466 e. The van der Waals surface area contributed by atoms with Crippen molar-refractivity contribution >= 4 is 11.9 Å². The Balaban J connectivity index is 2.16. The number of furan rings is 1. The number of ether oxygens (including phenoxy) is 2. The molecule has 5 nitrogen and oxygen atoms in total. The first-order valence-electron chi connectivity index (χ1n) is 6.25. The van der Waals surface area contributed by atoms with Crippen LogP contribution in [0.2, 0.25) is 0 Å². The minimum Gasteiger partial charge on any atom is -0.466 e. The van der Waals surface area contributed by atoms with E-state index in [0.29, 0.717) is 5.76 Å². The Morgan fingerprint density at radius 3 is 2.38 bits per heavy atom. The lowest BCUT2D eigenvalue weighted by atomic mass is 10.1. The van der Waals surface area contributed by atoms with Gasteiger partial charge in [0, 0.05) is 17.7 Å². The highest BCUT2D eigenvalue weighted by atomic mass is 16.6. The Hall–Kier alpha value is -2.82. The summed E-state index contributed by atoms with van der Waals surface area (Å²) >= 11 is 0. The van der Waals surface area contributed by atoms with Gasteiger partial charge in [0.05, 0.1) is 13.4 Å². The monoisotopic (exact) mass is 286 g/mol. The van der Waals surface area contributed by atoms with Crippen molar-refractivity contribution in [2.75, 3.05) is 7.11 Å². The van der Waals surface area contributed by atoms with E-state index >= 15 is 0 Å². The molecule has 0 radical (unpaired) electrons. The summed E-state index contributed by atoms with van der Waals surface area (Å²) in [5, 5.41) is 0. The van der Waals surface area contributed by atoms with Crippen LogP contribution in [0.15, 0.2) is 65.3 Å². The SMILES string of the molecule is COC(=O)/C=C/C(=O)O[C@@H](c1ccccc1)c1ccco1. The van der Waals surface area contributed by atoms with Crippen LogP contribution < -0.4 is 0 Å². The second-order valence-corrected chi connectivity index (χ2v) is 4.10. The van der Waals surface area contributed by atoms with Crippen molar-refractivity contribution in [3.63, 3.8) is 0 Å². The fourth-order valence-electron chi connectivity index (χ4n) is 1.72. The molecule has 108 valence electrons. The van der Waals surface area contributed by atoms with Crippen molar-refractivity contribution in [1.29, 1.82) is 0 Å². The molecule has 0 N–H and O–H groups in total. The van der Waals surface area contributed by atoms with E-state index in [-0.39, 0.29) is 0 Å². The van der Waals surface area contributed by atoms with Gasteiger partial charge in [-0.1, -0.05) is 30.3 Å². The topological polar surface area (TPSA) is 65.7 Å². The van der Waals surface area contributed by atoms with E-state index in [1.807, 2.05) is 30.3 Å². The third-order valence-electron chi connectivity index (χ3n) is 2.69. The van der Waals surface area contributed by atoms with Gasteiger partial charge in [-0.15, -0.1) is 0 Å². The van der Waals surface area contributed by atoms with Crippen LogP contribution in [0.25, 0.3) is 0 Å². The molecular weight excluding hydrogens is 272 g/mol. The predicted molar refractivity (Wildman–Crippen MR) is 74.2 cm³/mol. The lowest BCUT2D eigenvalue weighted by molar-refractivity contribution is -0.143. The molecule has 1 heterocycles. The van der Waals surface area contributed by atoms with Crippen LogP contribution in [0.3, 0.4) is 0 Å². The van der Waals surface area contributed by atoms with Crippen molar-refractivity contribution in [3.05, 3.63) is 72.2 Å². The van der Waals surface area contributed by atoms with Gasteiger partial charge in [-0.2, -0.15) is 0 Å². The smallest absolute Gasteiger partial charge is 0.332 e. The van der Waals surface area contributed by atoms with Crippen molar-refractivity contribution in [1.82, 2.24) is 0 Å². The second kappa shape index (κ2) is 7.09. The predicted octanol–water partition coefficient (Wildman–Crippen LogP) is 2.64. The Kier molecular flexibility index (Phi) is 4.93. The molecule has 21 heavy (non-hydrogen) atoms. The molecule has 0 spiro atoms. The van der Waals surface area contributed by atoms with E-state index in [1.54, 1.807) is 12.1 Å². The fraction of sp³-hybridized carbons (Fsp3) is 0.125. The van der Waals surface area contributed by atoms with Gasteiger partial charge in [-0.25, -0.2) is 9.59 Å². The van der Waals surface area contributed by atoms with Crippen LogP contribution in [0.1, 0.15) is 17.4 Å². The molecule has 5 heteroatoms. The Morgan fingerprint density at radius 1 is 1.05 bits per heavy atom. The average Bonchev–Trinajstić information content (AvgIpc) is 3.05. The molecule has 0 amide bonds. The summed E-state index contributed by atoms with van der Waals surface area (Å²) in [4.78, 5) is 22.7. The minimum absolute atomic E-state index is 0.501. The number of rotatable bonds is 5. The maximum Gasteiger partial charge on any atom is 0.332 e. The van der Waals surface area contributed by atoms with E-state index in [4.69, 9.17) is 9.15 Å². The Morgan fingerprint density at radius 2 is 1.76 bits per heavy atom. The molecule has 0 aliphatic rings. The number of benzene rings is 1. The van der Waals surface area contributed by atoms with Gasteiger partial charge in [0.2, 0.25) is 0 Å². The summed E-state index contributed by atoms with van der Waals surface area (Å²) in [5.41, 5.74) is 0.771. The number of hydrogen-bond donors (Lipinski definition) is 0. The summed E-state index contributed by atoms with van der Waals surface area (Å²) in [6.45, 7) is 0. The molecule has 0 fully saturated rings. The van der Waals surface area contributed by atoms with Crippen molar-refractivity contribution in [3.8, 4) is 0 Å². The fourth-order valence-corrected chi connectivity index (χ4v) is 1.72. The summed E-state index contributed by atoms with van der Waals surface area (Å²) in [6, 6.07) is 12.6. The molecule has 1 aromatic heterocycles. The molecule has 1 atom stereocenters. The zero-order valence-corrected chi connectivity index (χ0v) is 11.4. The first-order valence-corrected chi connectivity index (χ1v) is 6.25. The van der Waals surface area contributed by atoms with Crippen molar-refractivity contribution in [2.24, 2.45) is 0 Å². The standard InChI is InChI=1S/C16H14O5/c1-19-14(17)9-10-15(18)21-16(13-8-5-11-20-13)12-6-3-2-4-7-12/h2-11,16H,1H3/b10-9+/t16-/m0/s1. The Labute approximate surface area is 121 Å². The van der Waals surface area contributed by atoms with Crippen LogP contribution in [-0.4, -0.2) is 19.0 Å². The Bertz CT molecular complexity index is 613. The first-order chi connectivity index (χ1) is 10.2. The van der Waals surface area contributed by atoms with Gasteiger partial charge in [-0.3, -0.25) is 0 Å². The average molecular weight is 286 g/mol. The molecule has 0 saturated heterocycles. The number of hydrogen-bond acceptors (Lipinski definition) is 5. The highest BCUT2D eigenvalue weighted by Crippen LogP contribution is 2.26. The molecular formula is C16H14O5. The van der Waals surface area contributed by atoms with Crippen molar-refractivity contribution < 1.29 is 23.5 Å². The summed E-state index contributed by atoms with van der Waals surface area (Å²) in [7, 11) is 1.23. The van der Waals surface area contributed by atoms with Crippen molar-refractivity contribution in [2.45, 2.75) is 6.10 Å². The van der Waals surface area contributed by atoms with Gasteiger partial charge in [0.15, 0.2) is 6.10 Å². The lowest BCUT2D eigenvalue weighted by Crippen LogP contribution is -2.10. The van der Waals surface area contributed by atoms with E-state index in [9.17, 15) is 9.59 Å². The van der Waals surface area contributed by atoms with Crippen LogP contribution in [0.5, 0.6) is 0 Å². The highest BCUT2D eigenvalue weighted by Gasteiger charge is 2.20. The third-order valence-corrected chi connectivity index (χ3v) is 2.69. The summed E-state index contributed by atoms with van der Waals surface area (Å²) in [6.07, 6.45) is 2.86. The number of carbonyl (C=O) groups is 2. The highest BCUT2D eigenvalue weighted by molar-refractivity contribution is 5.91. The van der Waals surface area contributed by atoms with E-state index in [1.165, 1.54) is 13.4 Å². The van der Waals surface area contributed by atoms with Gasteiger partial charge >= 0.3 is 11.9 Å². The van der Waals surface area contributed by atoms with E-state index in [2.05, 4.69) is 4.74 Å². The van der Waals surface area contributed by atoms with Gasteiger partial charge in [0.25, 0.3) is 0 Å². The molecule has 2 rings (SSSR count). The molecule has 1 aromatic carbocycles. The summed E-state index contributed by atoms with van der Waals surface area (Å²) < 4.78 is 15.1. The zero-order valence-electron chi connectivity index (χ0n) is 11.4. The van der Waals surface area contributed by atoms with E-state index in [0.717, 1.165) is 17.7 Å². The number of methoxy groups -OCH3 is 1. The number of esters is 2. The van der Waals surface area contributed by atoms with Crippen LogP contribution in [0, 0.1) is 0 Å². The van der Waals surface area contributed by atoms with Crippen LogP contribution >= 0.6 is 0 Å². The van der Waals surface area contributed by atoms with Crippen LogP contribution in [-0.2, 0) is 19.1 Å². The molecule has 0 aliphatic carbocycles. The quantitative estimate of drug-likeness (QED) is 0.624. The first kappa shape index (κ1) is 14.6. The molecule has 0 aliphatic heterocycles. The zero-order chi connectivity index (χ0) is 15.1. The summed E-state index contributed by atoms with van der Waals surface area (Å²) in [5.74, 6) is -0.784. The molecule has 2 aromatic rings.